The van der Waals surface area contributed by atoms with E-state index in [9.17, 15) is 0 Å². The van der Waals surface area contributed by atoms with E-state index in [1.54, 1.807) is 17.8 Å². The van der Waals surface area contributed by atoms with Crippen LogP contribution < -0.4 is 0 Å². The van der Waals surface area contributed by atoms with Crippen molar-refractivity contribution in [1.82, 2.24) is 0 Å². The number of thioether (sulfide) groups is 1. The predicted molar refractivity (Wildman–Crippen MR) is 66.6 cm³/mol. The molecule has 0 saturated carbocycles. The number of halogens is 2. The van der Waals surface area contributed by atoms with Crippen molar-refractivity contribution in [1.29, 1.82) is 5.26 Å². The summed E-state index contributed by atoms with van der Waals surface area (Å²) in [7, 11) is 0. The molecule has 80 valence electrons. The van der Waals surface area contributed by atoms with Crippen molar-refractivity contribution in [3.63, 3.8) is 0 Å². The summed E-state index contributed by atoms with van der Waals surface area (Å²) in [4.78, 5) is 1.05. The second-order valence-electron chi connectivity index (χ2n) is 3.12. The molecule has 0 radical (unpaired) electrons. The van der Waals surface area contributed by atoms with E-state index in [-0.39, 0.29) is 5.92 Å². The maximum atomic E-state index is 8.79. The Morgan fingerprint density at radius 3 is 2.67 bits per heavy atom. The number of rotatable bonds is 4. The van der Waals surface area contributed by atoms with Crippen molar-refractivity contribution in [3.8, 4) is 6.07 Å². The first kappa shape index (κ1) is 12.7. The molecule has 1 atom stereocenters. The number of benzene rings is 1. The van der Waals surface area contributed by atoms with E-state index < -0.39 is 0 Å². The topological polar surface area (TPSA) is 23.8 Å². The predicted octanol–water partition coefficient (Wildman–Crippen LogP) is 4.64. The van der Waals surface area contributed by atoms with Gasteiger partial charge in [-0.2, -0.15) is 5.26 Å². The van der Waals surface area contributed by atoms with E-state index in [0.29, 0.717) is 10.0 Å². The summed E-state index contributed by atoms with van der Waals surface area (Å²) in [6.45, 7) is 2.02. The van der Waals surface area contributed by atoms with Gasteiger partial charge in [0.05, 0.1) is 22.0 Å². The molecular weight excluding hydrogens is 249 g/mol. The van der Waals surface area contributed by atoms with Crippen molar-refractivity contribution >= 4 is 35.0 Å². The molecule has 4 heteroatoms. The van der Waals surface area contributed by atoms with Crippen LogP contribution in [0, 0.1) is 17.2 Å². The van der Waals surface area contributed by atoms with Gasteiger partial charge >= 0.3 is 0 Å². The van der Waals surface area contributed by atoms with Crippen LogP contribution in [0.25, 0.3) is 0 Å². The summed E-state index contributed by atoms with van der Waals surface area (Å²) in [5.41, 5.74) is 0. The number of nitriles is 1. The molecule has 0 N–H and O–H groups in total. The lowest BCUT2D eigenvalue weighted by molar-refractivity contribution is 0.724. The van der Waals surface area contributed by atoms with Crippen molar-refractivity contribution in [2.24, 2.45) is 5.92 Å². The summed E-state index contributed by atoms with van der Waals surface area (Å²) in [6.07, 6.45) is 0.880. The van der Waals surface area contributed by atoms with Crippen LogP contribution in [0.5, 0.6) is 0 Å². The standard InChI is InChI=1S/C11H11Cl2NS/c1-2-8(6-14)7-15-9-3-4-10(12)11(13)5-9/h3-5,8H,2,7H2,1H3. The van der Waals surface area contributed by atoms with E-state index in [4.69, 9.17) is 28.5 Å². The molecule has 1 aromatic rings. The van der Waals surface area contributed by atoms with Gasteiger partial charge in [-0.05, 0) is 24.6 Å². The first-order chi connectivity index (χ1) is 7.17. The molecule has 1 rings (SSSR count). The van der Waals surface area contributed by atoms with Gasteiger partial charge in [-0.3, -0.25) is 0 Å². The smallest absolute Gasteiger partial charge is 0.0664 e. The van der Waals surface area contributed by atoms with Crippen LogP contribution >= 0.6 is 35.0 Å². The molecule has 1 aromatic carbocycles. The fourth-order valence-electron chi connectivity index (χ4n) is 1.01. The number of hydrogen-bond donors (Lipinski definition) is 0. The van der Waals surface area contributed by atoms with Gasteiger partial charge in [-0.25, -0.2) is 0 Å². The van der Waals surface area contributed by atoms with Gasteiger partial charge in [0.25, 0.3) is 0 Å². The van der Waals surface area contributed by atoms with Crippen molar-refractivity contribution in [3.05, 3.63) is 28.2 Å². The minimum absolute atomic E-state index is 0.101. The Morgan fingerprint density at radius 1 is 1.40 bits per heavy atom. The Hall–Kier alpha value is -0.360. The molecular formula is C11H11Cl2NS. The summed E-state index contributed by atoms with van der Waals surface area (Å²) >= 11 is 13.3. The molecule has 0 aromatic heterocycles. The highest BCUT2D eigenvalue weighted by molar-refractivity contribution is 7.99. The maximum absolute atomic E-state index is 8.79. The SMILES string of the molecule is CCC(C#N)CSc1ccc(Cl)c(Cl)c1. The highest BCUT2D eigenvalue weighted by atomic mass is 35.5. The zero-order valence-corrected chi connectivity index (χ0v) is 10.7. The van der Waals surface area contributed by atoms with Crippen LogP contribution in [0.15, 0.2) is 23.1 Å². The fraction of sp³-hybridized carbons (Fsp3) is 0.364. The molecule has 15 heavy (non-hydrogen) atoms. The molecule has 0 aliphatic carbocycles. The first-order valence-corrected chi connectivity index (χ1v) is 6.39. The third-order valence-electron chi connectivity index (χ3n) is 2.02. The van der Waals surface area contributed by atoms with Crippen LogP contribution in [0.3, 0.4) is 0 Å². The summed E-state index contributed by atoms with van der Waals surface area (Å²) in [6, 6.07) is 7.80. The summed E-state index contributed by atoms with van der Waals surface area (Å²) in [5.74, 6) is 0.898. The normalized spacial score (nSPS) is 12.1. The van der Waals surface area contributed by atoms with Crippen molar-refractivity contribution in [2.75, 3.05) is 5.75 Å². The molecule has 0 amide bonds. The number of nitrogens with zero attached hydrogens (tertiary/aromatic N) is 1. The molecule has 0 spiro atoms. The second kappa shape index (κ2) is 6.27. The van der Waals surface area contributed by atoms with Crippen molar-refractivity contribution < 1.29 is 0 Å². The zero-order valence-electron chi connectivity index (χ0n) is 8.34. The molecule has 0 saturated heterocycles. The van der Waals surface area contributed by atoms with Gasteiger partial charge < -0.3 is 0 Å². The van der Waals surface area contributed by atoms with Crippen LogP contribution in [0.2, 0.25) is 10.0 Å². The Morgan fingerprint density at radius 2 is 2.13 bits per heavy atom. The fourth-order valence-corrected chi connectivity index (χ4v) is 2.44. The quantitative estimate of drug-likeness (QED) is 0.736. The van der Waals surface area contributed by atoms with E-state index >= 15 is 0 Å². The highest BCUT2D eigenvalue weighted by Crippen LogP contribution is 2.29. The Balaban J connectivity index is 2.59. The molecule has 0 fully saturated rings. The van der Waals surface area contributed by atoms with Gasteiger partial charge in [0, 0.05) is 10.6 Å². The molecule has 1 unspecified atom stereocenters. The lowest BCUT2D eigenvalue weighted by Crippen LogP contribution is -1.97. The van der Waals surface area contributed by atoms with Crippen LogP contribution in [-0.4, -0.2) is 5.75 Å². The Kier molecular flexibility index (Phi) is 5.31. The van der Waals surface area contributed by atoms with E-state index in [0.717, 1.165) is 17.1 Å². The minimum atomic E-state index is 0.101. The minimum Gasteiger partial charge on any atom is -0.198 e. The maximum Gasteiger partial charge on any atom is 0.0664 e. The monoisotopic (exact) mass is 259 g/mol. The Bertz CT molecular complexity index is 373. The van der Waals surface area contributed by atoms with Crippen LogP contribution in [0.4, 0.5) is 0 Å². The van der Waals surface area contributed by atoms with Gasteiger partial charge in [0.15, 0.2) is 0 Å². The van der Waals surface area contributed by atoms with Crippen molar-refractivity contribution in [2.45, 2.75) is 18.2 Å². The average Bonchev–Trinajstić information content (AvgIpc) is 2.24. The average molecular weight is 260 g/mol. The largest absolute Gasteiger partial charge is 0.198 e. The third-order valence-corrected chi connectivity index (χ3v) is 3.91. The lowest BCUT2D eigenvalue weighted by Gasteiger charge is -2.06. The summed E-state index contributed by atoms with van der Waals surface area (Å²) < 4.78 is 0. The van der Waals surface area contributed by atoms with Crippen LogP contribution in [-0.2, 0) is 0 Å². The van der Waals surface area contributed by atoms with E-state index in [1.807, 2.05) is 19.1 Å². The van der Waals surface area contributed by atoms with E-state index in [2.05, 4.69) is 6.07 Å². The first-order valence-electron chi connectivity index (χ1n) is 4.64. The molecule has 0 aliphatic heterocycles. The molecule has 1 nitrogen and oxygen atoms in total. The summed E-state index contributed by atoms with van der Waals surface area (Å²) in [5, 5.41) is 9.92. The highest BCUT2D eigenvalue weighted by Gasteiger charge is 2.06. The van der Waals surface area contributed by atoms with Gasteiger partial charge in [0.2, 0.25) is 0 Å². The lowest BCUT2D eigenvalue weighted by atomic mass is 10.1. The van der Waals surface area contributed by atoms with Gasteiger partial charge in [-0.15, -0.1) is 11.8 Å². The van der Waals surface area contributed by atoms with Crippen LogP contribution in [0.1, 0.15) is 13.3 Å². The van der Waals surface area contributed by atoms with E-state index in [1.165, 1.54) is 0 Å². The third kappa shape index (κ3) is 3.95. The zero-order chi connectivity index (χ0) is 11.3. The second-order valence-corrected chi connectivity index (χ2v) is 5.03. The molecule has 0 heterocycles. The van der Waals surface area contributed by atoms with Gasteiger partial charge in [0.1, 0.15) is 0 Å². The molecule has 0 bridgehead atoms. The van der Waals surface area contributed by atoms with Gasteiger partial charge in [-0.1, -0.05) is 30.1 Å². The number of hydrogen-bond acceptors (Lipinski definition) is 2. The molecule has 0 aliphatic rings. The Labute approximate surface area is 104 Å².